The van der Waals surface area contributed by atoms with Crippen LogP contribution >= 0.6 is 11.8 Å². The molecule has 5 heteroatoms. The normalized spacial score (nSPS) is 15.3. The molecule has 1 saturated heterocycles. The van der Waals surface area contributed by atoms with Crippen molar-refractivity contribution >= 4 is 11.8 Å². The predicted molar refractivity (Wildman–Crippen MR) is 102 cm³/mol. The number of ether oxygens (including phenoxy) is 1. The van der Waals surface area contributed by atoms with Crippen molar-refractivity contribution < 1.29 is 9.13 Å². The molecule has 1 aliphatic rings. The van der Waals surface area contributed by atoms with Crippen LogP contribution in [0.5, 0.6) is 0 Å². The first-order valence-electron chi connectivity index (χ1n) is 8.84. The van der Waals surface area contributed by atoms with E-state index in [1.54, 1.807) is 16.9 Å². The van der Waals surface area contributed by atoms with Crippen LogP contribution in [0.25, 0.3) is 11.3 Å². The number of benzene rings is 2. The predicted octanol–water partition coefficient (Wildman–Crippen LogP) is 5.27. The van der Waals surface area contributed by atoms with Crippen LogP contribution in [0.1, 0.15) is 24.3 Å². The summed E-state index contributed by atoms with van der Waals surface area (Å²) in [4.78, 5) is 1.71. The van der Waals surface area contributed by atoms with Gasteiger partial charge in [0, 0.05) is 41.8 Å². The molecule has 134 valence electrons. The molecule has 2 aromatic carbocycles. The summed E-state index contributed by atoms with van der Waals surface area (Å²) in [5, 5.41) is 4.15. The summed E-state index contributed by atoms with van der Waals surface area (Å²) in [5.41, 5.74) is 3.06. The van der Waals surface area contributed by atoms with E-state index in [-0.39, 0.29) is 5.82 Å². The molecule has 1 aromatic heterocycles. The first-order valence-corrected chi connectivity index (χ1v) is 9.66. The molecule has 0 bridgehead atoms. The Morgan fingerprint density at radius 3 is 2.69 bits per heavy atom. The monoisotopic (exact) mass is 368 g/mol. The maximum Gasteiger partial charge on any atom is 0.137 e. The second-order valence-corrected chi connectivity index (χ2v) is 7.66. The fraction of sp³-hybridized carbons (Fsp3) is 0.286. The molecule has 0 N–H and O–H groups in total. The van der Waals surface area contributed by atoms with Crippen molar-refractivity contribution in [3.05, 3.63) is 66.1 Å². The Morgan fingerprint density at radius 1 is 1.12 bits per heavy atom. The molecule has 26 heavy (non-hydrogen) atoms. The van der Waals surface area contributed by atoms with Crippen LogP contribution in [0.4, 0.5) is 4.39 Å². The van der Waals surface area contributed by atoms with Gasteiger partial charge in [-0.25, -0.2) is 4.39 Å². The largest absolute Gasteiger partial charge is 0.381 e. The van der Waals surface area contributed by atoms with Crippen LogP contribution in [0.15, 0.2) is 64.5 Å². The van der Waals surface area contributed by atoms with Crippen molar-refractivity contribution in [3.63, 3.8) is 0 Å². The van der Waals surface area contributed by atoms with Crippen molar-refractivity contribution in [3.8, 4) is 11.3 Å². The fourth-order valence-corrected chi connectivity index (χ4v) is 4.28. The molecule has 0 unspecified atom stereocenters. The van der Waals surface area contributed by atoms with Gasteiger partial charge in [0.1, 0.15) is 5.82 Å². The molecule has 0 aliphatic carbocycles. The lowest BCUT2D eigenvalue weighted by Gasteiger charge is -2.22. The summed E-state index contributed by atoms with van der Waals surface area (Å²) >= 11 is 1.47. The first-order chi connectivity index (χ1) is 12.7. The van der Waals surface area contributed by atoms with Crippen LogP contribution in [0.2, 0.25) is 0 Å². The van der Waals surface area contributed by atoms with Gasteiger partial charge in [-0.15, -0.1) is 0 Å². The first kappa shape index (κ1) is 17.3. The summed E-state index contributed by atoms with van der Waals surface area (Å²) in [7, 11) is 1.86. The summed E-state index contributed by atoms with van der Waals surface area (Å²) in [6.45, 7) is 1.65. The molecule has 4 rings (SSSR count). The molecule has 1 fully saturated rings. The van der Waals surface area contributed by atoms with Crippen LogP contribution in [0.3, 0.4) is 0 Å². The molecule has 2 heterocycles. The van der Waals surface area contributed by atoms with Crippen LogP contribution < -0.4 is 0 Å². The molecule has 0 spiro atoms. The zero-order chi connectivity index (χ0) is 17.9. The number of rotatable bonds is 4. The third kappa shape index (κ3) is 3.69. The minimum atomic E-state index is -0.204. The Morgan fingerprint density at radius 2 is 1.96 bits per heavy atom. The minimum Gasteiger partial charge on any atom is -0.381 e. The number of halogens is 1. The van der Waals surface area contributed by atoms with E-state index in [1.807, 2.05) is 31.3 Å². The standard InChI is InChI=1S/C21H21FN2OS/c1-24-20(7-10-23-24)17-5-6-21(19(22)14-17)26-18-4-2-3-16(13-18)15-8-11-25-12-9-15/h2-7,10,13-15H,8-9,11-12H2,1H3. The van der Waals surface area contributed by atoms with Crippen molar-refractivity contribution in [2.24, 2.45) is 7.05 Å². The van der Waals surface area contributed by atoms with Crippen LogP contribution in [-0.2, 0) is 11.8 Å². The zero-order valence-corrected chi connectivity index (χ0v) is 15.5. The summed E-state index contributed by atoms with van der Waals surface area (Å²) < 4.78 is 21.8. The lowest BCUT2D eigenvalue weighted by molar-refractivity contribution is 0.0853. The Balaban J connectivity index is 1.55. The molecule has 3 nitrogen and oxygen atoms in total. The average Bonchev–Trinajstić information content (AvgIpc) is 3.10. The van der Waals surface area contributed by atoms with Crippen molar-refractivity contribution in [2.45, 2.75) is 28.6 Å². The van der Waals surface area contributed by atoms with E-state index in [1.165, 1.54) is 17.3 Å². The molecule has 3 aromatic rings. The summed E-state index contributed by atoms with van der Waals surface area (Å²) in [6.07, 6.45) is 3.83. The van der Waals surface area contributed by atoms with Gasteiger partial charge in [0.05, 0.1) is 5.69 Å². The number of hydrogen-bond acceptors (Lipinski definition) is 3. The van der Waals surface area contributed by atoms with Gasteiger partial charge in [0.15, 0.2) is 0 Å². The highest BCUT2D eigenvalue weighted by atomic mass is 32.2. The molecule has 1 aliphatic heterocycles. The van der Waals surface area contributed by atoms with Gasteiger partial charge in [0.2, 0.25) is 0 Å². The lowest BCUT2D eigenvalue weighted by atomic mass is 9.92. The SMILES string of the molecule is Cn1nccc1-c1ccc(Sc2cccc(C3CCOCC3)c2)c(F)c1. The molecule has 0 atom stereocenters. The summed E-state index contributed by atoms with van der Waals surface area (Å²) in [5.74, 6) is 0.339. The van der Waals surface area contributed by atoms with Gasteiger partial charge in [-0.1, -0.05) is 30.0 Å². The topological polar surface area (TPSA) is 27.1 Å². The van der Waals surface area contributed by atoms with Crippen LogP contribution in [-0.4, -0.2) is 23.0 Å². The van der Waals surface area contributed by atoms with Crippen molar-refractivity contribution in [1.29, 1.82) is 0 Å². The quantitative estimate of drug-likeness (QED) is 0.628. The van der Waals surface area contributed by atoms with Crippen molar-refractivity contribution in [2.75, 3.05) is 13.2 Å². The second-order valence-electron chi connectivity index (χ2n) is 6.55. The van der Waals surface area contributed by atoms with Gasteiger partial charge in [-0.05, 0) is 54.7 Å². The van der Waals surface area contributed by atoms with Crippen molar-refractivity contribution in [1.82, 2.24) is 9.78 Å². The van der Waals surface area contributed by atoms with E-state index in [2.05, 4.69) is 23.3 Å². The highest BCUT2D eigenvalue weighted by Gasteiger charge is 2.16. The molecule has 0 radical (unpaired) electrons. The highest BCUT2D eigenvalue weighted by molar-refractivity contribution is 7.99. The fourth-order valence-electron chi connectivity index (χ4n) is 3.39. The van der Waals surface area contributed by atoms with Gasteiger partial charge < -0.3 is 4.74 Å². The third-order valence-corrected chi connectivity index (χ3v) is 5.87. The smallest absolute Gasteiger partial charge is 0.137 e. The second kappa shape index (κ2) is 7.64. The molecule has 0 saturated carbocycles. The van der Waals surface area contributed by atoms with E-state index in [0.29, 0.717) is 10.8 Å². The van der Waals surface area contributed by atoms with E-state index in [0.717, 1.165) is 42.2 Å². The lowest BCUT2D eigenvalue weighted by Crippen LogP contribution is -2.13. The van der Waals surface area contributed by atoms with Gasteiger partial charge in [0.25, 0.3) is 0 Å². The molecular formula is C21H21FN2OS. The molecule has 0 amide bonds. The number of aryl methyl sites for hydroxylation is 1. The number of aromatic nitrogens is 2. The van der Waals surface area contributed by atoms with Crippen LogP contribution in [0, 0.1) is 5.82 Å². The Hall–Kier alpha value is -2.11. The van der Waals surface area contributed by atoms with E-state index >= 15 is 0 Å². The Kier molecular flexibility index (Phi) is 5.09. The van der Waals surface area contributed by atoms with Gasteiger partial charge in [-0.2, -0.15) is 5.10 Å². The maximum absolute atomic E-state index is 14.6. The Labute approximate surface area is 157 Å². The van der Waals surface area contributed by atoms with Gasteiger partial charge in [-0.3, -0.25) is 4.68 Å². The third-order valence-electron chi connectivity index (χ3n) is 4.83. The Bertz CT molecular complexity index is 903. The highest BCUT2D eigenvalue weighted by Crippen LogP contribution is 2.35. The minimum absolute atomic E-state index is 0.204. The summed E-state index contributed by atoms with van der Waals surface area (Å²) in [6, 6.07) is 15.7. The van der Waals surface area contributed by atoms with E-state index in [9.17, 15) is 4.39 Å². The maximum atomic E-state index is 14.6. The molecular weight excluding hydrogens is 347 g/mol. The number of nitrogens with zero attached hydrogens (tertiary/aromatic N) is 2. The van der Waals surface area contributed by atoms with Gasteiger partial charge >= 0.3 is 0 Å². The number of hydrogen-bond donors (Lipinski definition) is 0. The average molecular weight is 368 g/mol. The zero-order valence-electron chi connectivity index (χ0n) is 14.7. The van der Waals surface area contributed by atoms with E-state index in [4.69, 9.17) is 4.74 Å². The van der Waals surface area contributed by atoms with E-state index < -0.39 is 0 Å².